The molecule has 8 nitrogen and oxygen atoms in total. The molecule has 188 valence electrons. The third kappa shape index (κ3) is 5.68. The van der Waals surface area contributed by atoms with Crippen molar-refractivity contribution in [3.05, 3.63) is 76.6 Å². The van der Waals surface area contributed by atoms with Gasteiger partial charge in [-0.15, -0.1) is 0 Å². The van der Waals surface area contributed by atoms with E-state index in [-0.39, 0.29) is 5.15 Å². The Hall–Kier alpha value is -3.43. The molecule has 2 heterocycles. The number of thioether (sulfide) groups is 1. The number of methoxy groups -OCH3 is 3. The van der Waals surface area contributed by atoms with E-state index in [4.69, 9.17) is 35.9 Å². The van der Waals surface area contributed by atoms with Crippen LogP contribution >= 0.6 is 23.4 Å². The van der Waals surface area contributed by atoms with Gasteiger partial charge in [0.05, 0.1) is 34.4 Å². The van der Waals surface area contributed by atoms with Crippen LogP contribution in [0.2, 0.25) is 5.15 Å². The molecule has 36 heavy (non-hydrogen) atoms. The smallest absolute Gasteiger partial charge is 0.199 e. The average molecular weight is 526 g/mol. The Morgan fingerprint density at radius 1 is 0.889 bits per heavy atom. The lowest BCUT2D eigenvalue weighted by Gasteiger charge is -2.24. The average Bonchev–Trinajstić information content (AvgIpc) is 3.27. The van der Waals surface area contributed by atoms with Gasteiger partial charge < -0.3 is 19.1 Å². The molecule has 0 aliphatic heterocycles. The molecular formula is C26H28ClN5O3S. The maximum atomic E-state index is 6.49. The molecule has 0 N–H and O–H groups in total. The summed E-state index contributed by atoms with van der Waals surface area (Å²) in [6, 6.07) is 17.9. The lowest BCUT2D eigenvalue weighted by atomic mass is 10.2. The Morgan fingerprint density at radius 3 is 2.06 bits per heavy atom. The molecule has 0 fully saturated rings. The Labute approximate surface area is 220 Å². The number of halogens is 1. The number of nitrogens with zero attached hydrogens (tertiary/aromatic N) is 5. The molecule has 2 aromatic carbocycles. The van der Waals surface area contributed by atoms with E-state index < -0.39 is 0 Å². The first-order valence-corrected chi connectivity index (χ1v) is 12.8. The zero-order valence-electron chi connectivity index (χ0n) is 20.9. The monoisotopic (exact) mass is 525 g/mol. The molecule has 2 aromatic heterocycles. The van der Waals surface area contributed by atoms with Crippen molar-refractivity contribution in [2.75, 3.05) is 32.5 Å². The third-order valence-electron chi connectivity index (χ3n) is 5.66. The van der Waals surface area contributed by atoms with Crippen molar-refractivity contribution in [3.63, 3.8) is 0 Å². The van der Waals surface area contributed by atoms with Crippen molar-refractivity contribution in [1.29, 1.82) is 0 Å². The van der Waals surface area contributed by atoms with Crippen LogP contribution in [0.3, 0.4) is 0 Å². The number of aryl methyl sites for hydroxylation is 1. The van der Waals surface area contributed by atoms with Gasteiger partial charge in [-0.3, -0.25) is 4.68 Å². The standard InChI is InChI=1S/C26H28ClN5O3S/c1-17-14-22(30-32(17)16-19-8-12-21(34-3)13-9-19)31(15-18-6-10-20(33-2)11-7-18)25-23(35-4)24(27)28-26(29-25)36-5/h6-14H,15-16H2,1-5H3. The van der Waals surface area contributed by atoms with E-state index in [2.05, 4.69) is 4.98 Å². The number of aromatic nitrogens is 4. The quantitative estimate of drug-likeness (QED) is 0.147. The molecule has 4 rings (SSSR count). The SMILES string of the molecule is COc1ccc(CN(c2cc(C)n(Cc3ccc(OC)cc3)n2)c2nc(SC)nc(Cl)c2OC)cc1. The highest BCUT2D eigenvalue weighted by Gasteiger charge is 2.24. The summed E-state index contributed by atoms with van der Waals surface area (Å²) in [7, 11) is 4.87. The second-order valence-corrected chi connectivity index (χ2v) is 9.07. The van der Waals surface area contributed by atoms with Gasteiger partial charge >= 0.3 is 0 Å². The Balaban J connectivity index is 1.76. The van der Waals surface area contributed by atoms with Gasteiger partial charge in [-0.2, -0.15) is 5.10 Å². The normalized spacial score (nSPS) is 10.8. The van der Waals surface area contributed by atoms with Crippen LogP contribution in [0.25, 0.3) is 0 Å². The summed E-state index contributed by atoms with van der Waals surface area (Å²) in [5.74, 6) is 3.27. The molecule has 10 heteroatoms. The number of ether oxygens (including phenoxy) is 3. The molecule has 0 amide bonds. The minimum atomic E-state index is 0.251. The Kier molecular flexibility index (Phi) is 8.22. The van der Waals surface area contributed by atoms with Crippen LogP contribution in [0.5, 0.6) is 17.2 Å². The van der Waals surface area contributed by atoms with E-state index in [1.807, 2.05) is 77.4 Å². The van der Waals surface area contributed by atoms with E-state index in [1.54, 1.807) is 21.3 Å². The predicted molar refractivity (Wildman–Crippen MR) is 143 cm³/mol. The highest BCUT2D eigenvalue weighted by Crippen LogP contribution is 2.38. The second-order valence-electron chi connectivity index (χ2n) is 7.94. The summed E-state index contributed by atoms with van der Waals surface area (Å²) < 4.78 is 18.2. The van der Waals surface area contributed by atoms with Crippen LogP contribution in [0.4, 0.5) is 11.6 Å². The molecule has 0 bridgehead atoms. The van der Waals surface area contributed by atoms with Gasteiger partial charge in [-0.05, 0) is 48.6 Å². The van der Waals surface area contributed by atoms with Crippen LogP contribution in [0.1, 0.15) is 16.8 Å². The molecule has 0 atom stereocenters. The molecule has 0 saturated carbocycles. The maximum Gasteiger partial charge on any atom is 0.199 e. The Morgan fingerprint density at radius 2 is 1.50 bits per heavy atom. The summed E-state index contributed by atoms with van der Waals surface area (Å²) in [5, 5.41) is 5.73. The first kappa shape index (κ1) is 25.7. The van der Waals surface area contributed by atoms with Gasteiger partial charge in [-0.1, -0.05) is 47.6 Å². The summed E-state index contributed by atoms with van der Waals surface area (Å²) >= 11 is 7.90. The van der Waals surface area contributed by atoms with Crippen molar-refractivity contribution < 1.29 is 14.2 Å². The van der Waals surface area contributed by atoms with Crippen molar-refractivity contribution in [1.82, 2.24) is 19.7 Å². The fourth-order valence-corrected chi connectivity index (χ4v) is 4.36. The van der Waals surface area contributed by atoms with Gasteiger partial charge in [0, 0.05) is 11.8 Å². The summed E-state index contributed by atoms with van der Waals surface area (Å²) in [6.45, 7) is 3.13. The van der Waals surface area contributed by atoms with Crippen molar-refractivity contribution in [2.24, 2.45) is 0 Å². The van der Waals surface area contributed by atoms with Gasteiger partial charge in [0.25, 0.3) is 0 Å². The summed E-state index contributed by atoms with van der Waals surface area (Å²) in [5.41, 5.74) is 3.16. The molecule has 0 aliphatic rings. The minimum Gasteiger partial charge on any atom is -0.497 e. The molecule has 0 aliphatic carbocycles. The van der Waals surface area contributed by atoms with Crippen molar-refractivity contribution in [3.8, 4) is 17.2 Å². The van der Waals surface area contributed by atoms with Crippen LogP contribution in [-0.2, 0) is 13.1 Å². The van der Waals surface area contributed by atoms with Crippen LogP contribution < -0.4 is 19.1 Å². The van der Waals surface area contributed by atoms with E-state index >= 15 is 0 Å². The second kappa shape index (κ2) is 11.5. The fourth-order valence-electron chi connectivity index (χ4n) is 3.71. The molecule has 4 aromatic rings. The topological polar surface area (TPSA) is 74.5 Å². The zero-order valence-corrected chi connectivity index (χ0v) is 22.4. The highest BCUT2D eigenvalue weighted by molar-refractivity contribution is 7.98. The summed E-state index contributed by atoms with van der Waals surface area (Å²) in [4.78, 5) is 11.1. The van der Waals surface area contributed by atoms with Gasteiger partial charge in [-0.25, -0.2) is 9.97 Å². The number of hydrogen-bond donors (Lipinski definition) is 0. The van der Waals surface area contributed by atoms with Gasteiger partial charge in [0.1, 0.15) is 11.5 Å². The molecular weight excluding hydrogens is 498 g/mol. The lowest BCUT2D eigenvalue weighted by molar-refractivity contribution is 0.409. The minimum absolute atomic E-state index is 0.251. The number of hydrogen-bond acceptors (Lipinski definition) is 8. The lowest BCUT2D eigenvalue weighted by Crippen LogP contribution is -2.20. The summed E-state index contributed by atoms with van der Waals surface area (Å²) in [6.07, 6.45) is 1.91. The van der Waals surface area contributed by atoms with Crippen LogP contribution in [0.15, 0.2) is 59.8 Å². The largest absolute Gasteiger partial charge is 0.497 e. The van der Waals surface area contributed by atoms with Gasteiger partial charge in [0.15, 0.2) is 27.7 Å². The first-order valence-electron chi connectivity index (χ1n) is 11.2. The fraction of sp³-hybridized carbons (Fsp3) is 0.269. The van der Waals surface area contributed by atoms with E-state index in [0.717, 1.165) is 34.1 Å². The highest BCUT2D eigenvalue weighted by atomic mass is 35.5. The Bertz CT molecular complexity index is 1310. The maximum absolute atomic E-state index is 6.49. The third-order valence-corrected chi connectivity index (χ3v) is 6.47. The number of rotatable bonds is 10. The van der Waals surface area contributed by atoms with Crippen molar-refractivity contribution in [2.45, 2.75) is 25.2 Å². The molecule has 0 spiro atoms. The number of anilines is 2. The molecule has 0 unspecified atom stereocenters. The van der Waals surface area contributed by atoms with E-state index in [0.29, 0.717) is 29.8 Å². The van der Waals surface area contributed by atoms with E-state index in [9.17, 15) is 0 Å². The van der Waals surface area contributed by atoms with Crippen LogP contribution in [0, 0.1) is 6.92 Å². The zero-order chi connectivity index (χ0) is 25.7. The van der Waals surface area contributed by atoms with Crippen LogP contribution in [-0.4, -0.2) is 47.3 Å². The predicted octanol–water partition coefficient (Wildman–Crippen LogP) is 5.77. The molecule has 0 saturated heterocycles. The van der Waals surface area contributed by atoms with Gasteiger partial charge in [0.2, 0.25) is 0 Å². The molecule has 0 radical (unpaired) electrons. The first-order chi connectivity index (χ1) is 17.4. The number of benzene rings is 2. The van der Waals surface area contributed by atoms with Crippen molar-refractivity contribution >= 4 is 35.0 Å². The van der Waals surface area contributed by atoms with E-state index in [1.165, 1.54) is 11.8 Å².